The van der Waals surface area contributed by atoms with Gasteiger partial charge in [0.05, 0.1) is 12.8 Å². The molecule has 4 aromatic rings. The zero-order chi connectivity index (χ0) is 27.8. The zero-order valence-corrected chi connectivity index (χ0v) is 23.4. The summed E-state index contributed by atoms with van der Waals surface area (Å²) >= 11 is 3.47. The fraction of sp³-hybridized carbons (Fsp3) is 0.200. The van der Waals surface area contributed by atoms with Crippen LogP contribution in [-0.2, 0) is 6.61 Å². The predicted octanol–water partition coefficient (Wildman–Crippen LogP) is 6.20. The summed E-state index contributed by atoms with van der Waals surface area (Å²) < 4.78 is 25.5. The Morgan fingerprint density at radius 3 is 2.46 bits per heavy atom. The number of ether oxygens (including phenoxy) is 3. The van der Waals surface area contributed by atoms with Gasteiger partial charge in [-0.2, -0.15) is 5.10 Å². The molecule has 200 valence electrons. The Balaban J connectivity index is 1.33. The summed E-state index contributed by atoms with van der Waals surface area (Å²) in [5, 5.41) is 4.04. The molecule has 0 aliphatic carbocycles. The molecule has 0 aliphatic heterocycles. The molecule has 0 aliphatic rings. The number of carbonyl (C=O) groups is 1. The van der Waals surface area contributed by atoms with Crippen LogP contribution in [0.4, 0.5) is 0 Å². The Kier molecular flexibility index (Phi) is 9.13. The Labute approximate surface area is 235 Å². The highest BCUT2D eigenvalue weighted by molar-refractivity contribution is 9.10. The lowest BCUT2D eigenvalue weighted by molar-refractivity contribution is 0.0923. The highest BCUT2D eigenvalue weighted by atomic mass is 79.9. The van der Waals surface area contributed by atoms with E-state index < -0.39 is 5.91 Å². The molecule has 0 saturated heterocycles. The van der Waals surface area contributed by atoms with Gasteiger partial charge in [-0.1, -0.05) is 5.92 Å². The lowest BCUT2D eigenvalue weighted by Gasteiger charge is -2.12. The normalized spacial score (nSPS) is 10.8. The van der Waals surface area contributed by atoms with E-state index in [9.17, 15) is 4.79 Å². The smallest absolute Gasteiger partial charge is 0.307 e. The summed E-state index contributed by atoms with van der Waals surface area (Å²) in [6, 6.07) is 18.7. The van der Waals surface area contributed by atoms with Crippen LogP contribution in [0.15, 0.2) is 74.7 Å². The highest BCUT2D eigenvalue weighted by Crippen LogP contribution is 2.33. The number of carbonyl (C=O) groups excluding carboxylic acids is 1. The minimum absolute atomic E-state index is 0.117. The van der Waals surface area contributed by atoms with E-state index >= 15 is 0 Å². The van der Waals surface area contributed by atoms with Crippen molar-refractivity contribution in [2.24, 2.45) is 5.10 Å². The number of aryl methyl sites for hydroxylation is 2. The van der Waals surface area contributed by atoms with Gasteiger partial charge in [-0.15, -0.1) is 6.42 Å². The zero-order valence-electron chi connectivity index (χ0n) is 21.9. The van der Waals surface area contributed by atoms with Crippen LogP contribution in [0.3, 0.4) is 0 Å². The maximum atomic E-state index is 12.5. The number of benzene rings is 2. The number of hydrogen-bond donors (Lipinski definition) is 1. The maximum absolute atomic E-state index is 12.5. The summed E-state index contributed by atoms with van der Waals surface area (Å²) in [7, 11) is 0. The fourth-order valence-electron chi connectivity index (χ4n) is 3.86. The van der Waals surface area contributed by atoms with Gasteiger partial charge in [-0.3, -0.25) is 4.79 Å². The van der Waals surface area contributed by atoms with E-state index in [1.165, 1.54) is 17.6 Å². The van der Waals surface area contributed by atoms with Crippen LogP contribution in [0.2, 0.25) is 0 Å². The molecule has 1 N–H and O–H groups in total. The molecule has 4 rings (SSSR count). The van der Waals surface area contributed by atoms with Crippen LogP contribution in [0, 0.1) is 26.2 Å². The molecule has 0 fully saturated rings. The first-order valence-corrected chi connectivity index (χ1v) is 13.0. The van der Waals surface area contributed by atoms with E-state index in [4.69, 9.17) is 25.1 Å². The first-order valence-electron chi connectivity index (χ1n) is 12.2. The Morgan fingerprint density at radius 1 is 1.05 bits per heavy atom. The van der Waals surface area contributed by atoms with E-state index in [1.807, 2.05) is 31.2 Å². The molecule has 0 spiro atoms. The molecular weight excluding hydrogens is 562 g/mol. The maximum Gasteiger partial charge on any atom is 0.307 e. The molecule has 2 aromatic carbocycles. The Bertz CT molecular complexity index is 1490. The van der Waals surface area contributed by atoms with Gasteiger partial charge >= 0.3 is 5.91 Å². The first-order chi connectivity index (χ1) is 18.9. The van der Waals surface area contributed by atoms with Crippen LogP contribution >= 0.6 is 15.9 Å². The lowest BCUT2D eigenvalue weighted by Crippen LogP contribution is -2.16. The second-order valence-electron chi connectivity index (χ2n) is 8.45. The van der Waals surface area contributed by atoms with Gasteiger partial charge in [0.1, 0.15) is 24.7 Å². The molecule has 2 heterocycles. The summed E-state index contributed by atoms with van der Waals surface area (Å²) in [6.45, 7) is 6.75. The van der Waals surface area contributed by atoms with Crippen molar-refractivity contribution in [1.82, 2.24) is 9.99 Å². The summed E-state index contributed by atoms with van der Waals surface area (Å²) in [4.78, 5) is 12.5. The number of nitrogens with one attached hydrogen (secondary N) is 1. The lowest BCUT2D eigenvalue weighted by atomic mass is 10.2. The summed E-state index contributed by atoms with van der Waals surface area (Å²) in [6.07, 6.45) is 6.77. The first kappa shape index (κ1) is 27.6. The number of amides is 1. The Hall–Kier alpha value is -4.42. The van der Waals surface area contributed by atoms with Crippen LogP contribution in [0.25, 0.3) is 5.69 Å². The average molecular weight is 590 g/mol. The third kappa shape index (κ3) is 6.92. The molecule has 0 saturated carbocycles. The van der Waals surface area contributed by atoms with Gasteiger partial charge < -0.3 is 23.2 Å². The standard InChI is InChI=1S/C30H28BrN3O5/c1-5-15-37-29-17-26(31)22(16-28(29)36-6-2)18-32-33-30(35)27-14-13-25(39-27)19-38-24-11-9-23(10-12-24)34-20(3)7-8-21(34)4/h1,7-14,16-18H,6,15,19H2,2-4H3,(H,33,35)/b32-18+. The number of hydrazone groups is 1. The van der Waals surface area contributed by atoms with E-state index in [-0.39, 0.29) is 19.0 Å². The number of furan rings is 1. The molecule has 1 amide bonds. The fourth-order valence-corrected chi connectivity index (χ4v) is 4.29. The van der Waals surface area contributed by atoms with Crippen LogP contribution in [0.1, 0.15) is 40.2 Å². The van der Waals surface area contributed by atoms with E-state index in [0.717, 1.165) is 5.69 Å². The monoisotopic (exact) mass is 589 g/mol. The minimum atomic E-state index is -0.491. The van der Waals surface area contributed by atoms with Gasteiger partial charge in [0.2, 0.25) is 0 Å². The molecule has 2 aromatic heterocycles. The average Bonchev–Trinajstić information content (AvgIpc) is 3.54. The van der Waals surface area contributed by atoms with Crippen molar-refractivity contribution in [2.75, 3.05) is 13.2 Å². The van der Waals surface area contributed by atoms with Crippen molar-refractivity contribution >= 4 is 28.1 Å². The second kappa shape index (κ2) is 12.9. The van der Waals surface area contributed by atoms with Crippen molar-refractivity contribution in [2.45, 2.75) is 27.4 Å². The third-order valence-electron chi connectivity index (χ3n) is 5.68. The van der Waals surface area contributed by atoms with Gasteiger partial charge in [0, 0.05) is 27.1 Å². The molecule has 9 heteroatoms. The molecule has 0 unspecified atom stereocenters. The number of halogens is 1. The molecule has 39 heavy (non-hydrogen) atoms. The van der Waals surface area contributed by atoms with Gasteiger partial charge in [0.25, 0.3) is 0 Å². The SMILES string of the molecule is C#CCOc1cc(Br)c(/C=N/NC(=O)c2ccc(COc3ccc(-n4c(C)ccc4C)cc3)o2)cc1OCC. The van der Waals surface area contributed by atoms with Crippen molar-refractivity contribution in [3.63, 3.8) is 0 Å². The Morgan fingerprint density at radius 2 is 1.77 bits per heavy atom. The topological polar surface area (TPSA) is 87.2 Å². The number of nitrogens with zero attached hydrogens (tertiary/aromatic N) is 2. The number of aromatic nitrogens is 1. The van der Waals surface area contributed by atoms with E-state index in [1.54, 1.807) is 24.3 Å². The molecule has 8 nitrogen and oxygen atoms in total. The molecular formula is C30H28BrN3O5. The van der Waals surface area contributed by atoms with Crippen LogP contribution < -0.4 is 19.6 Å². The minimum Gasteiger partial charge on any atom is -0.490 e. The van der Waals surface area contributed by atoms with E-state index in [2.05, 4.69) is 62.9 Å². The third-order valence-corrected chi connectivity index (χ3v) is 6.36. The van der Waals surface area contributed by atoms with Gasteiger partial charge in [-0.25, -0.2) is 5.43 Å². The van der Waals surface area contributed by atoms with Crippen molar-refractivity contribution in [1.29, 1.82) is 0 Å². The van der Waals surface area contributed by atoms with Crippen molar-refractivity contribution in [3.8, 4) is 35.3 Å². The molecule has 0 bridgehead atoms. The summed E-state index contributed by atoms with van der Waals surface area (Å²) in [5.74, 6) is 4.28. The van der Waals surface area contributed by atoms with Crippen LogP contribution in [0.5, 0.6) is 17.2 Å². The largest absolute Gasteiger partial charge is 0.490 e. The van der Waals surface area contributed by atoms with Gasteiger partial charge in [0.15, 0.2) is 17.3 Å². The molecule has 0 radical (unpaired) electrons. The summed E-state index contributed by atoms with van der Waals surface area (Å²) in [5.41, 5.74) is 6.53. The highest BCUT2D eigenvalue weighted by Gasteiger charge is 2.13. The van der Waals surface area contributed by atoms with E-state index in [0.29, 0.717) is 39.7 Å². The number of rotatable bonds is 11. The van der Waals surface area contributed by atoms with Crippen LogP contribution in [-0.4, -0.2) is 29.9 Å². The van der Waals surface area contributed by atoms with Crippen molar-refractivity contribution < 1.29 is 23.4 Å². The number of terminal acetylenes is 1. The predicted molar refractivity (Wildman–Crippen MR) is 153 cm³/mol. The van der Waals surface area contributed by atoms with Crippen molar-refractivity contribution in [3.05, 3.63) is 93.6 Å². The second-order valence-corrected chi connectivity index (χ2v) is 9.30. The molecule has 0 atom stereocenters. The quantitative estimate of drug-likeness (QED) is 0.128. The van der Waals surface area contributed by atoms with Gasteiger partial charge in [-0.05, 0) is 97.4 Å². The number of hydrogen-bond acceptors (Lipinski definition) is 6.